The van der Waals surface area contributed by atoms with Gasteiger partial charge < -0.3 is 23.7 Å². The second-order valence-electron chi connectivity index (χ2n) is 5.86. The molecule has 0 radical (unpaired) electrons. The van der Waals surface area contributed by atoms with Crippen molar-refractivity contribution in [3.05, 3.63) is 0 Å². The standard InChI is InChI=1S/C12H19BrO5/c1-11(2)15-6(5-13)7-8(16-11)9-10(14-7)18-12(3,4)17-9/h6-10H,5H2,1-4H3/t6-,7-,8+,9-,10-/m1/s1. The Balaban J connectivity index is 1.83. The summed E-state index contributed by atoms with van der Waals surface area (Å²) in [7, 11) is 0. The Morgan fingerprint density at radius 1 is 0.833 bits per heavy atom. The minimum atomic E-state index is -0.631. The van der Waals surface area contributed by atoms with E-state index in [9.17, 15) is 0 Å². The molecule has 0 aromatic carbocycles. The first-order valence-corrected chi connectivity index (χ1v) is 7.36. The van der Waals surface area contributed by atoms with Gasteiger partial charge in [-0.3, -0.25) is 0 Å². The Labute approximate surface area is 115 Å². The SMILES string of the molecule is CC1(C)O[C@H]2O[C@H]3[C@H](OC(C)(C)O[C@@H]3CBr)[C@H]2O1. The van der Waals surface area contributed by atoms with E-state index in [2.05, 4.69) is 15.9 Å². The lowest BCUT2D eigenvalue weighted by molar-refractivity contribution is -0.339. The Morgan fingerprint density at radius 3 is 2.11 bits per heavy atom. The fraction of sp³-hybridized carbons (Fsp3) is 1.00. The van der Waals surface area contributed by atoms with Crippen LogP contribution in [0.25, 0.3) is 0 Å². The van der Waals surface area contributed by atoms with Gasteiger partial charge in [0.05, 0.1) is 6.10 Å². The average molecular weight is 323 g/mol. The molecule has 0 bridgehead atoms. The molecule has 6 heteroatoms. The van der Waals surface area contributed by atoms with E-state index in [1.165, 1.54) is 0 Å². The van der Waals surface area contributed by atoms with Gasteiger partial charge in [0.2, 0.25) is 0 Å². The molecule has 3 rings (SSSR count). The molecule has 0 spiro atoms. The molecule has 0 aromatic heterocycles. The predicted octanol–water partition coefficient (Wildman–Crippen LogP) is 1.78. The molecule has 3 heterocycles. The van der Waals surface area contributed by atoms with Crippen molar-refractivity contribution in [2.24, 2.45) is 0 Å². The third-order valence-electron chi connectivity index (χ3n) is 3.40. The van der Waals surface area contributed by atoms with Gasteiger partial charge in [0.15, 0.2) is 17.9 Å². The highest BCUT2D eigenvalue weighted by atomic mass is 79.9. The smallest absolute Gasteiger partial charge is 0.190 e. The van der Waals surface area contributed by atoms with Gasteiger partial charge in [-0.05, 0) is 27.7 Å². The molecule has 3 fully saturated rings. The zero-order valence-corrected chi connectivity index (χ0v) is 12.6. The summed E-state index contributed by atoms with van der Waals surface area (Å²) >= 11 is 3.46. The first-order chi connectivity index (χ1) is 8.31. The van der Waals surface area contributed by atoms with Crippen LogP contribution in [0.4, 0.5) is 0 Å². The van der Waals surface area contributed by atoms with Crippen LogP contribution >= 0.6 is 15.9 Å². The van der Waals surface area contributed by atoms with Crippen molar-refractivity contribution in [2.75, 3.05) is 5.33 Å². The van der Waals surface area contributed by atoms with Crippen LogP contribution in [-0.2, 0) is 23.7 Å². The van der Waals surface area contributed by atoms with Crippen LogP contribution in [-0.4, -0.2) is 47.6 Å². The summed E-state index contributed by atoms with van der Waals surface area (Å²) in [5.74, 6) is -1.25. The first-order valence-electron chi connectivity index (χ1n) is 6.24. The maximum atomic E-state index is 5.96. The van der Waals surface area contributed by atoms with Gasteiger partial charge in [0.25, 0.3) is 0 Å². The lowest BCUT2D eigenvalue weighted by Gasteiger charge is -2.43. The molecular formula is C12H19BrO5. The highest BCUT2D eigenvalue weighted by Crippen LogP contribution is 2.44. The lowest BCUT2D eigenvalue weighted by atomic mass is 10.0. The molecule has 5 nitrogen and oxygen atoms in total. The quantitative estimate of drug-likeness (QED) is 0.689. The molecule has 3 aliphatic heterocycles. The van der Waals surface area contributed by atoms with E-state index in [0.29, 0.717) is 5.33 Å². The van der Waals surface area contributed by atoms with Crippen LogP contribution in [0.3, 0.4) is 0 Å². The molecule has 5 atom stereocenters. The number of halogens is 1. The summed E-state index contributed by atoms with van der Waals surface area (Å²) in [5, 5.41) is 0.698. The van der Waals surface area contributed by atoms with Crippen molar-refractivity contribution >= 4 is 15.9 Å². The van der Waals surface area contributed by atoms with Gasteiger partial charge in [0.1, 0.15) is 18.3 Å². The third-order valence-corrected chi connectivity index (χ3v) is 4.04. The molecule has 0 unspecified atom stereocenters. The maximum absolute atomic E-state index is 5.96. The molecule has 3 saturated heterocycles. The number of ether oxygens (including phenoxy) is 5. The van der Waals surface area contributed by atoms with E-state index in [0.717, 1.165) is 0 Å². The average Bonchev–Trinajstić information content (AvgIpc) is 2.69. The topological polar surface area (TPSA) is 46.2 Å². The highest BCUT2D eigenvalue weighted by molar-refractivity contribution is 9.09. The van der Waals surface area contributed by atoms with Gasteiger partial charge in [-0.1, -0.05) is 15.9 Å². The van der Waals surface area contributed by atoms with Gasteiger partial charge >= 0.3 is 0 Å². The van der Waals surface area contributed by atoms with Crippen LogP contribution in [0, 0.1) is 0 Å². The Kier molecular flexibility index (Phi) is 3.05. The van der Waals surface area contributed by atoms with Crippen molar-refractivity contribution in [1.29, 1.82) is 0 Å². The highest BCUT2D eigenvalue weighted by Gasteiger charge is 2.60. The molecule has 104 valence electrons. The maximum Gasteiger partial charge on any atom is 0.190 e. The Hall–Kier alpha value is 0.280. The van der Waals surface area contributed by atoms with Crippen LogP contribution in [0.1, 0.15) is 27.7 Å². The molecule has 0 saturated carbocycles. The molecule has 3 aliphatic rings. The molecule has 0 amide bonds. The van der Waals surface area contributed by atoms with Gasteiger partial charge in [-0.2, -0.15) is 0 Å². The van der Waals surface area contributed by atoms with Crippen LogP contribution < -0.4 is 0 Å². The fourth-order valence-electron chi connectivity index (χ4n) is 2.84. The summed E-state index contributed by atoms with van der Waals surface area (Å²) in [6.45, 7) is 7.59. The number of rotatable bonds is 1. The van der Waals surface area contributed by atoms with Gasteiger partial charge in [-0.15, -0.1) is 0 Å². The number of fused-ring (bicyclic) bond motifs is 3. The molecule has 18 heavy (non-hydrogen) atoms. The predicted molar refractivity (Wildman–Crippen MR) is 66.3 cm³/mol. The zero-order chi connectivity index (χ0) is 13.1. The molecule has 0 N–H and O–H groups in total. The summed E-state index contributed by atoms with van der Waals surface area (Å²) in [6.07, 6.45) is -0.907. The largest absolute Gasteiger partial charge is 0.344 e. The van der Waals surface area contributed by atoms with Crippen molar-refractivity contribution in [3.63, 3.8) is 0 Å². The Morgan fingerprint density at radius 2 is 1.44 bits per heavy atom. The van der Waals surface area contributed by atoms with E-state index >= 15 is 0 Å². The fourth-order valence-corrected chi connectivity index (χ4v) is 3.34. The van der Waals surface area contributed by atoms with Crippen LogP contribution in [0.15, 0.2) is 0 Å². The van der Waals surface area contributed by atoms with E-state index in [1.54, 1.807) is 0 Å². The molecule has 0 aromatic rings. The van der Waals surface area contributed by atoms with Crippen molar-refractivity contribution in [1.82, 2.24) is 0 Å². The summed E-state index contributed by atoms with van der Waals surface area (Å²) in [5.41, 5.74) is 0. The second-order valence-corrected chi connectivity index (χ2v) is 6.51. The van der Waals surface area contributed by atoms with E-state index < -0.39 is 11.6 Å². The summed E-state index contributed by atoms with van der Waals surface area (Å²) < 4.78 is 29.3. The monoisotopic (exact) mass is 322 g/mol. The van der Waals surface area contributed by atoms with Crippen molar-refractivity contribution < 1.29 is 23.7 Å². The number of hydrogen-bond acceptors (Lipinski definition) is 5. The zero-order valence-electron chi connectivity index (χ0n) is 11.0. The van der Waals surface area contributed by atoms with Crippen LogP contribution in [0.2, 0.25) is 0 Å². The minimum absolute atomic E-state index is 0.0559. The Bertz CT molecular complexity index is 345. The molecule has 0 aliphatic carbocycles. The minimum Gasteiger partial charge on any atom is -0.344 e. The normalized spacial score (nSPS) is 48.8. The third kappa shape index (κ3) is 2.13. The van der Waals surface area contributed by atoms with Gasteiger partial charge in [-0.25, -0.2) is 0 Å². The van der Waals surface area contributed by atoms with Crippen molar-refractivity contribution in [3.8, 4) is 0 Å². The molecular weight excluding hydrogens is 304 g/mol. The summed E-state index contributed by atoms with van der Waals surface area (Å²) in [6, 6.07) is 0. The summed E-state index contributed by atoms with van der Waals surface area (Å²) in [4.78, 5) is 0. The van der Waals surface area contributed by atoms with E-state index in [-0.39, 0.29) is 30.7 Å². The second kappa shape index (κ2) is 4.14. The lowest BCUT2D eigenvalue weighted by Crippen LogP contribution is -2.56. The van der Waals surface area contributed by atoms with E-state index in [1.807, 2.05) is 27.7 Å². The number of alkyl halides is 1. The van der Waals surface area contributed by atoms with Gasteiger partial charge in [0, 0.05) is 5.33 Å². The number of hydrogen-bond donors (Lipinski definition) is 0. The van der Waals surface area contributed by atoms with Crippen LogP contribution in [0.5, 0.6) is 0 Å². The van der Waals surface area contributed by atoms with Crippen molar-refractivity contribution in [2.45, 2.75) is 70.0 Å². The first kappa shape index (κ1) is 13.3. The van der Waals surface area contributed by atoms with E-state index in [4.69, 9.17) is 23.7 Å².